The fourth-order valence-corrected chi connectivity index (χ4v) is 1.99. The maximum absolute atomic E-state index is 12.0. The lowest BCUT2D eigenvalue weighted by Gasteiger charge is -2.09. The maximum Gasteiger partial charge on any atom is 0.252 e. The fraction of sp³-hybridized carbons (Fsp3) is 0.182. The molecule has 0 saturated heterocycles. The molecule has 1 amide bonds. The number of nitrogen functional groups attached to an aromatic ring is 1. The van der Waals surface area contributed by atoms with Crippen LogP contribution in [0.1, 0.15) is 21.7 Å². The molecule has 4 N–H and O–H groups in total. The topological polar surface area (TPSA) is 96.7 Å². The number of carbonyl (C=O) groups is 1. The predicted octanol–water partition coefficient (Wildman–Crippen LogP) is 1.39. The van der Waals surface area contributed by atoms with Crippen molar-refractivity contribution in [2.75, 3.05) is 5.73 Å². The second-order valence-corrected chi connectivity index (χ2v) is 4.70. The summed E-state index contributed by atoms with van der Waals surface area (Å²) in [7, 11) is 0. The van der Waals surface area contributed by atoms with Gasteiger partial charge in [-0.25, -0.2) is 4.98 Å². The number of hydrogen-bond acceptors (Lipinski definition) is 4. The minimum Gasteiger partial charge on any atom is -0.398 e. The Bertz CT molecular complexity index is 567. The van der Waals surface area contributed by atoms with Crippen LogP contribution in [0.5, 0.6) is 0 Å². The van der Waals surface area contributed by atoms with Crippen LogP contribution in [0.3, 0.4) is 0 Å². The zero-order chi connectivity index (χ0) is 13.1. The van der Waals surface area contributed by atoms with Gasteiger partial charge in [0.15, 0.2) is 0 Å². The number of aromatic amines is 1. The van der Waals surface area contributed by atoms with Gasteiger partial charge in [0.2, 0.25) is 0 Å². The highest BCUT2D eigenvalue weighted by atomic mass is 79.9. The van der Waals surface area contributed by atoms with Crippen LogP contribution in [0.2, 0.25) is 0 Å². The van der Waals surface area contributed by atoms with Crippen molar-refractivity contribution in [3.05, 3.63) is 39.9 Å². The first-order valence-corrected chi connectivity index (χ1v) is 6.05. The number of benzene rings is 1. The van der Waals surface area contributed by atoms with Gasteiger partial charge in [-0.15, -0.1) is 0 Å². The van der Waals surface area contributed by atoms with Gasteiger partial charge in [0.25, 0.3) is 5.91 Å². The van der Waals surface area contributed by atoms with Gasteiger partial charge in [-0.3, -0.25) is 9.89 Å². The number of anilines is 1. The van der Waals surface area contributed by atoms with E-state index in [1.807, 2.05) is 6.92 Å². The van der Waals surface area contributed by atoms with E-state index < -0.39 is 0 Å². The van der Waals surface area contributed by atoms with E-state index in [9.17, 15) is 4.79 Å². The zero-order valence-corrected chi connectivity index (χ0v) is 11.3. The average molecular weight is 310 g/mol. The summed E-state index contributed by atoms with van der Waals surface area (Å²) in [6.07, 6.45) is 1.39. The predicted molar refractivity (Wildman–Crippen MR) is 70.8 cm³/mol. The van der Waals surface area contributed by atoms with E-state index >= 15 is 0 Å². The molecule has 6 nitrogen and oxygen atoms in total. The van der Waals surface area contributed by atoms with Gasteiger partial charge in [-0.1, -0.05) is 15.9 Å². The molecule has 0 aliphatic carbocycles. The van der Waals surface area contributed by atoms with E-state index in [4.69, 9.17) is 5.73 Å². The van der Waals surface area contributed by atoms with Gasteiger partial charge >= 0.3 is 0 Å². The molecule has 0 radical (unpaired) electrons. The molecule has 2 rings (SSSR count). The molecule has 0 unspecified atom stereocenters. The summed E-state index contributed by atoms with van der Waals surface area (Å²) in [5.74, 6) is 0.404. The van der Waals surface area contributed by atoms with Crippen LogP contribution in [0.25, 0.3) is 0 Å². The smallest absolute Gasteiger partial charge is 0.252 e. The number of H-pyrrole nitrogens is 1. The Labute approximate surface area is 112 Å². The summed E-state index contributed by atoms with van der Waals surface area (Å²) in [5, 5.41) is 9.12. The van der Waals surface area contributed by atoms with Gasteiger partial charge in [0.05, 0.1) is 6.54 Å². The second kappa shape index (κ2) is 5.18. The van der Waals surface area contributed by atoms with Crippen molar-refractivity contribution in [2.45, 2.75) is 13.5 Å². The van der Waals surface area contributed by atoms with Crippen molar-refractivity contribution < 1.29 is 4.79 Å². The van der Waals surface area contributed by atoms with Crippen molar-refractivity contribution >= 4 is 27.5 Å². The maximum atomic E-state index is 12.0. The van der Waals surface area contributed by atoms with Gasteiger partial charge in [-0.05, 0) is 24.6 Å². The van der Waals surface area contributed by atoms with Crippen LogP contribution < -0.4 is 11.1 Å². The van der Waals surface area contributed by atoms with Crippen LogP contribution in [0.4, 0.5) is 5.69 Å². The standard InChI is InChI=1S/C11H12BrN5O/c1-6-8(2-7(12)3-9(6)13)11(18)14-4-10-15-5-16-17-10/h2-3,5H,4,13H2,1H3,(H,14,18)(H,15,16,17). The lowest BCUT2D eigenvalue weighted by atomic mass is 10.1. The molecule has 0 spiro atoms. The van der Waals surface area contributed by atoms with E-state index in [0.29, 0.717) is 23.6 Å². The zero-order valence-electron chi connectivity index (χ0n) is 9.70. The average Bonchev–Trinajstić information content (AvgIpc) is 2.83. The largest absolute Gasteiger partial charge is 0.398 e. The van der Waals surface area contributed by atoms with E-state index in [2.05, 4.69) is 36.4 Å². The Morgan fingerprint density at radius 2 is 2.33 bits per heavy atom. The molecular weight excluding hydrogens is 298 g/mol. The lowest BCUT2D eigenvalue weighted by molar-refractivity contribution is 0.0949. The molecule has 0 aliphatic rings. The molecule has 7 heteroatoms. The van der Waals surface area contributed by atoms with Gasteiger partial charge < -0.3 is 11.1 Å². The summed E-state index contributed by atoms with van der Waals surface area (Å²) in [6, 6.07) is 3.50. The highest BCUT2D eigenvalue weighted by Gasteiger charge is 2.12. The number of aromatic nitrogens is 3. The third-order valence-electron chi connectivity index (χ3n) is 2.54. The van der Waals surface area contributed by atoms with E-state index in [0.717, 1.165) is 10.0 Å². The summed E-state index contributed by atoms with van der Waals surface area (Å²) in [5.41, 5.74) is 7.69. The molecule has 0 aliphatic heterocycles. The third-order valence-corrected chi connectivity index (χ3v) is 3.00. The van der Waals surface area contributed by atoms with Crippen molar-refractivity contribution in [2.24, 2.45) is 0 Å². The number of carbonyl (C=O) groups excluding carboxylic acids is 1. The molecule has 1 heterocycles. The third kappa shape index (κ3) is 2.67. The lowest BCUT2D eigenvalue weighted by Crippen LogP contribution is -2.24. The van der Waals surface area contributed by atoms with Gasteiger partial charge in [0, 0.05) is 15.7 Å². The van der Waals surface area contributed by atoms with Crippen molar-refractivity contribution in [3.8, 4) is 0 Å². The Morgan fingerprint density at radius 1 is 1.56 bits per heavy atom. The Hall–Kier alpha value is -1.89. The fourth-order valence-electron chi connectivity index (χ4n) is 1.51. The molecule has 0 saturated carbocycles. The Balaban J connectivity index is 2.14. The number of nitrogens with one attached hydrogen (secondary N) is 2. The highest BCUT2D eigenvalue weighted by Crippen LogP contribution is 2.22. The van der Waals surface area contributed by atoms with Gasteiger partial charge in [0.1, 0.15) is 12.2 Å². The summed E-state index contributed by atoms with van der Waals surface area (Å²) in [4.78, 5) is 15.9. The number of hydrogen-bond donors (Lipinski definition) is 3. The number of amides is 1. The SMILES string of the molecule is Cc1c(N)cc(Br)cc1C(=O)NCc1ncn[nH]1. The number of halogens is 1. The second-order valence-electron chi connectivity index (χ2n) is 3.78. The summed E-state index contributed by atoms with van der Waals surface area (Å²) < 4.78 is 0.774. The molecule has 94 valence electrons. The normalized spacial score (nSPS) is 10.3. The Morgan fingerprint density at radius 3 is 3.00 bits per heavy atom. The first kappa shape index (κ1) is 12.6. The minimum absolute atomic E-state index is 0.197. The number of rotatable bonds is 3. The monoisotopic (exact) mass is 309 g/mol. The first-order chi connectivity index (χ1) is 8.58. The molecule has 0 fully saturated rings. The molecule has 0 atom stereocenters. The van der Waals surface area contributed by atoms with E-state index in [1.54, 1.807) is 12.1 Å². The van der Waals surface area contributed by atoms with Crippen molar-refractivity contribution in [1.82, 2.24) is 20.5 Å². The summed E-state index contributed by atoms with van der Waals surface area (Å²) in [6.45, 7) is 2.11. The first-order valence-electron chi connectivity index (χ1n) is 5.26. The van der Waals surface area contributed by atoms with Crippen LogP contribution in [0.15, 0.2) is 22.9 Å². The quantitative estimate of drug-likeness (QED) is 0.746. The van der Waals surface area contributed by atoms with Crippen LogP contribution in [-0.4, -0.2) is 21.1 Å². The molecule has 2 aromatic rings. The van der Waals surface area contributed by atoms with E-state index in [-0.39, 0.29) is 5.91 Å². The van der Waals surface area contributed by atoms with Crippen molar-refractivity contribution in [3.63, 3.8) is 0 Å². The van der Waals surface area contributed by atoms with Crippen molar-refractivity contribution in [1.29, 1.82) is 0 Å². The minimum atomic E-state index is -0.197. The van der Waals surface area contributed by atoms with Crippen LogP contribution in [-0.2, 0) is 6.54 Å². The van der Waals surface area contributed by atoms with Crippen LogP contribution in [0, 0.1) is 6.92 Å². The van der Waals surface area contributed by atoms with Gasteiger partial charge in [-0.2, -0.15) is 5.10 Å². The highest BCUT2D eigenvalue weighted by molar-refractivity contribution is 9.10. The molecule has 0 bridgehead atoms. The molecule has 1 aromatic carbocycles. The molecular formula is C11H12BrN5O. The van der Waals surface area contributed by atoms with E-state index in [1.165, 1.54) is 6.33 Å². The number of nitrogens with zero attached hydrogens (tertiary/aromatic N) is 2. The molecule has 18 heavy (non-hydrogen) atoms. The number of nitrogens with two attached hydrogens (primary N) is 1. The Kier molecular flexibility index (Phi) is 3.61. The van der Waals surface area contributed by atoms with Crippen LogP contribution >= 0.6 is 15.9 Å². The molecule has 1 aromatic heterocycles. The summed E-state index contributed by atoms with van der Waals surface area (Å²) >= 11 is 3.32.